The first-order chi connectivity index (χ1) is 25.5. The van der Waals surface area contributed by atoms with Crippen molar-refractivity contribution >= 4 is 70.3 Å². The highest BCUT2D eigenvalue weighted by Crippen LogP contribution is 2.40. The highest BCUT2D eigenvalue weighted by molar-refractivity contribution is 7.99. The second-order valence-electron chi connectivity index (χ2n) is 14.7. The Labute approximate surface area is 329 Å². The van der Waals surface area contributed by atoms with Crippen molar-refractivity contribution < 1.29 is 19.2 Å². The van der Waals surface area contributed by atoms with Crippen LogP contribution in [0.25, 0.3) is 0 Å². The van der Waals surface area contributed by atoms with Crippen LogP contribution in [0.4, 0.5) is 22.7 Å². The highest BCUT2D eigenvalue weighted by atomic mass is 32.2. The van der Waals surface area contributed by atoms with E-state index in [1.54, 1.807) is 30.0 Å². The monoisotopic (exact) mass is 780 g/mol. The third kappa shape index (κ3) is 15.1. The van der Waals surface area contributed by atoms with Gasteiger partial charge in [-0.1, -0.05) is 53.7 Å². The molecule has 54 heavy (non-hydrogen) atoms. The van der Waals surface area contributed by atoms with Crippen molar-refractivity contribution in [2.24, 2.45) is 22.9 Å². The Kier molecular flexibility index (Phi) is 19.2. The molecule has 0 unspecified atom stereocenters. The molecule has 0 aliphatic heterocycles. The van der Waals surface area contributed by atoms with E-state index in [1.807, 2.05) is 24.3 Å². The summed E-state index contributed by atoms with van der Waals surface area (Å²) in [5.74, 6) is 0.863. The van der Waals surface area contributed by atoms with Crippen LogP contribution in [0, 0.1) is 0 Å². The topological polar surface area (TPSA) is 234 Å². The number of nitrogens with one attached hydrogen (secondary N) is 3. The third-order valence-corrected chi connectivity index (χ3v) is 10.3. The van der Waals surface area contributed by atoms with E-state index in [4.69, 9.17) is 28.7 Å². The first-order valence-corrected chi connectivity index (χ1v) is 20.1. The van der Waals surface area contributed by atoms with Gasteiger partial charge in [-0.15, -0.1) is 23.5 Å². The molecule has 0 saturated heterocycles. The number of anilines is 4. The Morgan fingerprint density at radius 3 is 1.57 bits per heavy atom. The number of hydrogen-bond donors (Lipinski definition) is 8. The number of aldehydes is 1. The van der Waals surface area contributed by atoms with Gasteiger partial charge in [-0.2, -0.15) is 0 Å². The molecule has 3 rings (SSSR count). The fourth-order valence-corrected chi connectivity index (χ4v) is 6.63. The molecule has 12 nitrogen and oxygen atoms in total. The normalized spacial score (nSPS) is 11.3. The van der Waals surface area contributed by atoms with Crippen LogP contribution in [-0.2, 0) is 20.4 Å². The fourth-order valence-electron chi connectivity index (χ4n) is 4.96. The first kappa shape index (κ1) is 46.2. The van der Waals surface area contributed by atoms with E-state index >= 15 is 0 Å². The molecule has 296 valence electrons. The SMILES string of the molecule is CC(C)(C)c1cc(N)c(SCCN)c(NC(=O)CCCN)c1.CC(C)(C)c1cc(NC(=O)CCCN)c(SCCN)c(NC(=O)c2cccc(C=O)c2)c1. The third-order valence-electron chi connectivity index (χ3n) is 7.96. The average Bonchev–Trinajstić information content (AvgIpc) is 3.11. The number of rotatable bonds is 17. The van der Waals surface area contributed by atoms with E-state index in [9.17, 15) is 19.2 Å². The zero-order valence-electron chi connectivity index (χ0n) is 32.6. The zero-order valence-corrected chi connectivity index (χ0v) is 34.2. The van der Waals surface area contributed by atoms with Gasteiger partial charge in [0.15, 0.2) is 0 Å². The summed E-state index contributed by atoms with van der Waals surface area (Å²) in [6.45, 7) is 14.5. The summed E-state index contributed by atoms with van der Waals surface area (Å²) >= 11 is 3.04. The van der Waals surface area contributed by atoms with Gasteiger partial charge in [0.1, 0.15) is 6.29 Å². The van der Waals surface area contributed by atoms with Crippen molar-refractivity contribution in [3.63, 3.8) is 0 Å². The van der Waals surface area contributed by atoms with Crippen LogP contribution in [0.5, 0.6) is 0 Å². The quantitative estimate of drug-likeness (QED) is 0.0445. The number of thioether (sulfide) groups is 2. The summed E-state index contributed by atoms with van der Waals surface area (Å²) < 4.78 is 0. The first-order valence-electron chi connectivity index (χ1n) is 18.1. The average molecular weight is 781 g/mol. The van der Waals surface area contributed by atoms with Crippen LogP contribution < -0.4 is 44.6 Å². The summed E-state index contributed by atoms with van der Waals surface area (Å²) in [5, 5.41) is 8.92. The number of amides is 3. The van der Waals surface area contributed by atoms with Gasteiger partial charge >= 0.3 is 0 Å². The second-order valence-corrected chi connectivity index (χ2v) is 16.9. The van der Waals surface area contributed by atoms with Gasteiger partial charge in [-0.25, -0.2) is 0 Å². The van der Waals surface area contributed by atoms with E-state index in [2.05, 4.69) is 57.5 Å². The van der Waals surface area contributed by atoms with Crippen LogP contribution >= 0.6 is 23.5 Å². The predicted molar refractivity (Wildman–Crippen MR) is 228 cm³/mol. The molecule has 0 saturated carbocycles. The van der Waals surface area contributed by atoms with E-state index in [-0.39, 0.29) is 28.6 Å². The van der Waals surface area contributed by atoms with Gasteiger partial charge in [-0.3, -0.25) is 19.2 Å². The van der Waals surface area contributed by atoms with Gasteiger partial charge in [0.2, 0.25) is 11.8 Å². The maximum Gasteiger partial charge on any atom is 0.255 e. The Morgan fingerprint density at radius 1 is 0.648 bits per heavy atom. The fraction of sp³-hybridized carbons (Fsp3) is 0.450. The Morgan fingerprint density at radius 2 is 1.11 bits per heavy atom. The van der Waals surface area contributed by atoms with Crippen LogP contribution in [0.2, 0.25) is 0 Å². The number of carbonyl (C=O) groups is 4. The van der Waals surface area contributed by atoms with Crippen LogP contribution in [0.15, 0.2) is 58.3 Å². The van der Waals surface area contributed by atoms with Gasteiger partial charge in [-0.05, 0) is 84.3 Å². The molecule has 14 heteroatoms. The molecule has 0 atom stereocenters. The van der Waals surface area contributed by atoms with Crippen LogP contribution in [0.3, 0.4) is 0 Å². The largest absolute Gasteiger partial charge is 0.398 e. The van der Waals surface area contributed by atoms with Gasteiger partial charge in [0, 0.05) is 54.3 Å². The molecule has 0 fully saturated rings. The molecular formula is C40H60N8O4S2. The van der Waals surface area contributed by atoms with Crippen molar-refractivity contribution in [1.82, 2.24) is 0 Å². The number of nitrogen functional groups attached to an aromatic ring is 1. The molecule has 0 aliphatic rings. The summed E-state index contributed by atoms with van der Waals surface area (Å²) in [4.78, 5) is 50.2. The Hall–Kier alpha value is -3.92. The molecule has 0 heterocycles. The van der Waals surface area contributed by atoms with Crippen molar-refractivity contribution in [1.29, 1.82) is 0 Å². The van der Waals surface area contributed by atoms with Gasteiger partial charge in [0.25, 0.3) is 5.91 Å². The molecule has 0 aromatic heterocycles. The van der Waals surface area contributed by atoms with E-state index in [0.717, 1.165) is 32.4 Å². The van der Waals surface area contributed by atoms with Crippen molar-refractivity contribution in [2.45, 2.75) is 87.8 Å². The molecular weight excluding hydrogens is 721 g/mol. The van der Waals surface area contributed by atoms with Crippen molar-refractivity contribution in [3.8, 4) is 0 Å². The molecule has 3 aromatic carbocycles. The number of nitrogens with two attached hydrogens (primary N) is 5. The lowest BCUT2D eigenvalue weighted by Crippen LogP contribution is -2.19. The minimum atomic E-state index is -0.338. The number of carbonyl (C=O) groups excluding carboxylic acids is 4. The van der Waals surface area contributed by atoms with Gasteiger partial charge in [0.05, 0.1) is 26.9 Å². The summed E-state index contributed by atoms with van der Waals surface area (Å²) in [6.07, 6.45) is 2.70. The van der Waals surface area contributed by atoms with Crippen molar-refractivity contribution in [3.05, 3.63) is 70.8 Å². The zero-order chi connectivity index (χ0) is 40.5. The van der Waals surface area contributed by atoms with Gasteiger partial charge < -0.3 is 44.6 Å². The molecule has 13 N–H and O–H groups in total. The predicted octanol–water partition coefficient (Wildman–Crippen LogP) is 6.07. The molecule has 3 aromatic rings. The molecule has 3 amide bonds. The van der Waals surface area contributed by atoms with Crippen LogP contribution in [-0.4, -0.2) is 61.7 Å². The smallest absolute Gasteiger partial charge is 0.255 e. The maximum atomic E-state index is 13.0. The molecule has 0 bridgehead atoms. The van der Waals surface area contributed by atoms with E-state index < -0.39 is 0 Å². The minimum Gasteiger partial charge on any atom is -0.398 e. The van der Waals surface area contributed by atoms with Crippen LogP contribution in [0.1, 0.15) is 99.1 Å². The Bertz CT molecular complexity index is 1720. The van der Waals surface area contributed by atoms with Crippen molar-refractivity contribution in [2.75, 3.05) is 59.4 Å². The lowest BCUT2D eigenvalue weighted by atomic mass is 9.86. The van der Waals surface area contributed by atoms with E-state index in [1.165, 1.54) is 17.8 Å². The summed E-state index contributed by atoms with van der Waals surface area (Å²) in [6, 6.07) is 14.4. The highest BCUT2D eigenvalue weighted by Gasteiger charge is 2.22. The number of hydrogen-bond acceptors (Lipinski definition) is 11. The molecule has 0 spiro atoms. The van der Waals surface area contributed by atoms with E-state index in [0.29, 0.717) is 92.1 Å². The lowest BCUT2D eigenvalue weighted by molar-refractivity contribution is -0.117. The standard InChI is InChI=1S/C24H32N4O3S.C16H28N4OS/c1-24(2,3)18-13-19(27-21(30)8-5-9-25)22(32-11-10-26)20(14-18)28-23(31)17-7-4-6-16(12-17)15-29;1-16(2,3)11-9-12(19)15(22-8-7-18)13(10-11)20-14(21)5-4-6-17/h4,6-7,12-15H,5,8-11,25-26H2,1-3H3,(H,27,30)(H,28,31);9-10H,4-8,17-19H2,1-3H3,(H,20,21). The summed E-state index contributed by atoms with van der Waals surface area (Å²) in [5.41, 5.74) is 33.8. The molecule has 0 aliphatic carbocycles. The second kappa shape index (κ2) is 22.5. The molecule has 0 radical (unpaired) electrons. The number of benzene rings is 3. The minimum absolute atomic E-state index is 0.0366. The maximum absolute atomic E-state index is 13.0. The lowest BCUT2D eigenvalue weighted by Gasteiger charge is -2.24. The Balaban J connectivity index is 0.000000401. The summed E-state index contributed by atoms with van der Waals surface area (Å²) in [7, 11) is 0.